The Hall–Kier alpha value is -2.88. The van der Waals surface area contributed by atoms with Crippen LogP contribution in [0.5, 0.6) is 0 Å². The van der Waals surface area contributed by atoms with Crippen LogP contribution in [0, 0.1) is 13.8 Å². The molecule has 1 amide bonds. The van der Waals surface area contributed by atoms with Gasteiger partial charge in [0.2, 0.25) is 0 Å². The van der Waals surface area contributed by atoms with Crippen molar-refractivity contribution in [2.24, 2.45) is 0 Å². The second-order valence-corrected chi connectivity index (χ2v) is 5.71. The van der Waals surface area contributed by atoms with Crippen LogP contribution in [0.25, 0.3) is 10.9 Å². The quantitative estimate of drug-likeness (QED) is 0.711. The number of para-hydroxylation sites is 1. The lowest BCUT2D eigenvalue weighted by molar-refractivity contribution is 0.101. The van der Waals surface area contributed by atoms with Gasteiger partial charge in [-0.2, -0.15) is 0 Å². The van der Waals surface area contributed by atoms with Crippen LogP contribution in [-0.4, -0.2) is 16.7 Å². The summed E-state index contributed by atoms with van der Waals surface area (Å²) < 4.78 is 0. The summed E-state index contributed by atoms with van der Waals surface area (Å²) in [4.78, 5) is 27.2. The van der Waals surface area contributed by atoms with Crippen molar-refractivity contribution in [2.75, 3.05) is 5.32 Å². The van der Waals surface area contributed by atoms with E-state index in [-0.39, 0.29) is 11.7 Å². The first-order valence-corrected chi connectivity index (χ1v) is 7.47. The van der Waals surface area contributed by atoms with Crippen LogP contribution in [0.3, 0.4) is 0 Å². The van der Waals surface area contributed by atoms with E-state index in [1.54, 1.807) is 24.3 Å². The molecule has 0 aliphatic carbocycles. The molecular weight excluding hydrogens is 288 g/mol. The molecule has 1 aromatic heterocycles. The van der Waals surface area contributed by atoms with Crippen molar-refractivity contribution in [3.8, 4) is 0 Å². The van der Waals surface area contributed by atoms with Crippen molar-refractivity contribution in [1.82, 2.24) is 4.98 Å². The Bertz CT molecular complexity index is 905. The zero-order valence-corrected chi connectivity index (χ0v) is 13.4. The highest BCUT2D eigenvalue weighted by Crippen LogP contribution is 2.25. The summed E-state index contributed by atoms with van der Waals surface area (Å²) in [6.07, 6.45) is 0. The number of fused-ring (bicyclic) bond motifs is 1. The molecule has 2 N–H and O–H groups in total. The maximum Gasteiger partial charge on any atom is 0.258 e. The highest BCUT2D eigenvalue weighted by atomic mass is 16.1. The van der Waals surface area contributed by atoms with E-state index in [9.17, 15) is 9.59 Å². The molecule has 23 heavy (non-hydrogen) atoms. The fourth-order valence-electron chi connectivity index (χ4n) is 2.77. The zero-order valence-electron chi connectivity index (χ0n) is 13.4. The maximum atomic E-state index is 12.6. The fourth-order valence-corrected chi connectivity index (χ4v) is 2.77. The lowest BCUT2D eigenvalue weighted by Crippen LogP contribution is -2.12. The Morgan fingerprint density at radius 3 is 2.35 bits per heavy atom. The molecule has 0 bridgehead atoms. The van der Waals surface area contributed by atoms with E-state index in [0.29, 0.717) is 16.8 Å². The summed E-state index contributed by atoms with van der Waals surface area (Å²) >= 11 is 0. The molecule has 4 heteroatoms. The normalized spacial score (nSPS) is 10.7. The number of aromatic nitrogens is 1. The molecular formula is C19H18N2O2. The van der Waals surface area contributed by atoms with Crippen LogP contribution in [0.4, 0.5) is 5.69 Å². The van der Waals surface area contributed by atoms with Crippen LogP contribution >= 0.6 is 0 Å². The highest BCUT2D eigenvalue weighted by molar-refractivity contribution is 6.14. The number of benzene rings is 2. The van der Waals surface area contributed by atoms with Crippen molar-refractivity contribution in [2.45, 2.75) is 20.8 Å². The third kappa shape index (κ3) is 2.75. The molecule has 0 radical (unpaired) electrons. The van der Waals surface area contributed by atoms with Gasteiger partial charge in [0.05, 0.1) is 5.56 Å². The molecule has 3 aromatic rings. The number of amides is 1. The second-order valence-electron chi connectivity index (χ2n) is 5.71. The lowest BCUT2D eigenvalue weighted by Gasteiger charge is -2.06. The van der Waals surface area contributed by atoms with Crippen LogP contribution in [0.1, 0.15) is 38.9 Å². The number of hydrogen-bond donors (Lipinski definition) is 2. The summed E-state index contributed by atoms with van der Waals surface area (Å²) in [5, 5.41) is 3.81. The molecule has 0 unspecified atom stereocenters. The first-order valence-electron chi connectivity index (χ1n) is 7.47. The van der Waals surface area contributed by atoms with Gasteiger partial charge in [-0.3, -0.25) is 9.59 Å². The predicted octanol–water partition coefficient (Wildman–Crippen LogP) is 4.24. The summed E-state index contributed by atoms with van der Waals surface area (Å²) in [6, 6.07) is 12.8. The molecule has 0 saturated heterocycles. The van der Waals surface area contributed by atoms with Crippen molar-refractivity contribution < 1.29 is 9.59 Å². The van der Waals surface area contributed by atoms with Crippen molar-refractivity contribution in [3.63, 3.8) is 0 Å². The monoisotopic (exact) mass is 306 g/mol. The Morgan fingerprint density at radius 2 is 1.70 bits per heavy atom. The number of aromatic amines is 1. The van der Waals surface area contributed by atoms with E-state index >= 15 is 0 Å². The van der Waals surface area contributed by atoms with Gasteiger partial charge in [-0.1, -0.05) is 18.2 Å². The van der Waals surface area contributed by atoms with Gasteiger partial charge in [-0.15, -0.1) is 0 Å². The molecule has 0 aliphatic heterocycles. The van der Waals surface area contributed by atoms with Crippen LogP contribution in [0.15, 0.2) is 42.5 Å². The van der Waals surface area contributed by atoms with E-state index in [1.807, 2.05) is 32.0 Å². The summed E-state index contributed by atoms with van der Waals surface area (Å²) in [5.74, 6) is -0.152. The second kappa shape index (κ2) is 5.72. The average Bonchev–Trinajstić information content (AvgIpc) is 2.85. The smallest absolute Gasteiger partial charge is 0.258 e. The summed E-state index contributed by atoms with van der Waals surface area (Å²) in [6.45, 7) is 5.43. The van der Waals surface area contributed by atoms with E-state index in [2.05, 4.69) is 10.3 Å². The molecule has 4 nitrogen and oxygen atoms in total. The first-order chi connectivity index (χ1) is 11.0. The maximum absolute atomic E-state index is 12.6. The van der Waals surface area contributed by atoms with Crippen molar-refractivity contribution in [3.05, 3.63) is 64.8 Å². The summed E-state index contributed by atoms with van der Waals surface area (Å²) in [7, 11) is 0. The number of aryl methyl sites for hydroxylation is 2. The number of nitrogens with one attached hydrogen (secondary N) is 2. The molecule has 116 valence electrons. The van der Waals surface area contributed by atoms with E-state index in [4.69, 9.17) is 0 Å². The Balaban J connectivity index is 1.93. The van der Waals surface area contributed by atoms with Crippen molar-refractivity contribution in [1.29, 1.82) is 0 Å². The molecule has 0 fully saturated rings. The number of carbonyl (C=O) groups excluding carboxylic acids is 2. The standard InChI is InChI=1S/C19H18N2O2/c1-11-5-4-6-16-17(12(2)20-18(11)16)19(23)21-15-9-7-14(8-10-15)13(3)22/h4-10,20H,1-3H3,(H,21,23). The highest BCUT2D eigenvalue weighted by Gasteiger charge is 2.17. The van der Waals surface area contributed by atoms with Gasteiger partial charge in [0.1, 0.15) is 0 Å². The summed E-state index contributed by atoms with van der Waals surface area (Å²) in [5.41, 5.74) is 4.88. The average molecular weight is 306 g/mol. The van der Waals surface area contributed by atoms with E-state index in [0.717, 1.165) is 22.2 Å². The Kier molecular flexibility index (Phi) is 3.74. The van der Waals surface area contributed by atoms with Gasteiger partial charge in [-0.25, -0.2) is 0 Å². The van der Waals surface area contributed by atoms with E-state index in [1.165, 1.54) is 6.92 Å². The van der Waals surface area contributed by atoms with Gasteiger partial charge in [0.15, 0.2) is 5.78 Å². The molecule has 0 spiro atoms. The Labute approximate surface area is 134 Å². The molecule has 1 heterocycles. The molecule has 2 aromatic carbocycles. The first kappa shape index (κ1) is 15.0. The number of Topliss-reactive ketones (excluding diaryl/α,β-unsaturated/α-hetero) is 1. The molecule has 3 rings (SSSR count). The number of carbonyl (C=O) groups is 2. The minimum absolute atomic E-state index is 0.00539. The fraction of sp³-hybridized carbons (Fsp3) is 0.158. The van der Waals surface area contributed by atoms with Crippen LogP contribution in [0.2, 0.25) is 0 Å². The topological polar surface area (TPSA) is 62.0 Å². The van der Waals surface area contributed by atoms with Gasteiger partial charge in [0.25, 0.3) is 5.91 Å². The molecule has 0 aliphatic rings. The van der Waals surface area contributed by atoms with Gasteiger partial charge >= 0.3 is 0 Å². The van der Waals surface area contributed by atoms with Gasteiger partial charge < -0.3 is 10.3 Å². The molecule has 0 saturated carbocycles. The number of H-pyrrole nitrogens is 1. The minimum atomic E-state index is -0.157. The number of ketones is 1. The largest absolute Gasteiger partial charge is 0.358 e. The zero-order chi connectivity index (χ0) is 16.6. The number of anilines is 1. The van der Waals surface area contributed by atoms with Gasteiger partial charge in [0, 0.05) is 27.8 Å². The SMILES string of the molecule is CC(=O)c1ccc(NC(=O)c2c(C)[nH]c3c(C)cccc23)cc1. The van der Waals surface area contributed by atoms with Crippen LogP contribution in [-0.2, 0) is 0 Å². The third-order valence-electron chi connectivity index (χ3n) is 4.01. The molecule has 0 atom stereocenters. The number of hydrogen-bond acceptors (Lipinski definition) is 2. The van der Waals surface area contributed by atoms with Gasteiger partial charge in [-0.05, 0) is 50.6 Å². The predicted molar refractivity (Wildman–Crippen MR) is 92.2 cm³/mol. The number of rotatable bonds is 3. The minimum Gasteiger partial charge on any atom is -0.358 e. The van der Waals surface area contributed by atoms with Crippen LogP contribution < -0.4 is 5.32 Å². The third-order valence-corrected chi connectivity index (χ3v) is 4.01. The van der Waals surface area contributed by atoms with E-state index < -0.39 is 0 Å². The lowest BCUT2D eigenvalue weighted by atomic mass is 10.1. The Morgan fingerprint density at radius 1 is 1.00 bits per heavy atom. The van der Waals surface area contributed by atoms with Crippen molar-refractivity contribution >= 4 is 28.3 Å².